The fourth-order valence-electron chi connectivity index (χ4n) is 0.642. The Kier molecular flexibility index (Phi) is 99.0. The molecule has 2 aromatic rings. The van der Waals surface area contributed by atoms with E-state index in [2.05, 4.69) is 0 Å². The van der Waals surface area contributed by atoms with Crippen LogP contribution in [0.3, 0.4) is 0 Å². The number of hydrogen-bond donors (Lipinski definition) is 0. The van der Waals surface area contributed by atoms with Gasteiger partial charge in [-0.1, -0.05) is 0 Å². The van der Waals surface area contributed by atoms with E-state index in [1.807, 2.05) is 60.7 Å². The first-order chi connectivity index (χ1) is 8.41. The minimum Gasteiger partial charge on any atom is -0.214 e. The van der Waals surface area contributed by atoms with E-state index in [1.54, 1.807) is 0 Å². The zero-order chi connectivity index (χ0) is 14.3. The number of rotatable bonds is 0. The number of hydrogen-bond acceptors (Lipinski definition) is 4. The summed E-state index contributed by atoms with van der Waals surface area (Å²) in [5.41, 5.74) is 0. The first kappa shape index (κ1) is 56.2. The van der Waals surface area contributed by atoms with Crippen molar-refractivity contribution in [1.29, 1.82) is 0 Å². The average Bonchev–Trinajstić information content (AvgIpc) is 2.96. The summed E-state index contributed by atoms with van der Waals surface area (Å²) in [6.07, 6.45) is 0. The van der Waals surface area contributed by atoms with Crippen molar-refractivity contribution in [2.75, 3.05) is 0 Å². The molecule has 12 N–H and O–H groups in total. The predicted octanol–water partition coefficient (Wildman–Crippen LogP) is -2.10. The van der Waals surface area contributed by atoms with Gasteiger partial charge in [0.2, 0.25) is 0 Å². The Bertz CT molecular complexity index is 362. The first-order valence-corrected chi connectivity index (χ1v) is 10.0. The maximum absolute atomic E-state index is 8.52. The van der Waals surface area contributed by atoms with Crippen molar-refractivity contribution in [1.82, 2.24) is 0 Å². The molecule has 0 saturated carbocycles. The molecule has 0 unspecified atom stereocenters. The van der Waals surface area contributed by atoms with Crippen LogP contribution in [-0.2, 0) is 43.9 Å². The second-order valence-electron chi connectivity index (χ2n) is 2.40. The van der Waals surface area contributed by atoms with Gasteiger partial charge < -0.3 is 42.0 Å². The third-order valence-electron chi connectivity index (χ3n) is 1.11. The summed E-state index contributed by atoms with van der Waals surface area (Å²) in [7, 11) is 4.61. The van der Waals surface area contributed by atoms with Gasteiger partial charge in [0, 0.05) is 10.4 Å². The van der Waals surface area contributed by atoms with Crippen molar-refractivity contribution in [3.63, 3.8) is 0 Å². The molecule has 0 fully saturated rings. The third kappa shape index (κ3) is 115. The maximum Gasteiger partial charge on any atom is 2.00 e. The van der Waals surface area contributed by atoms with Gasteiger partial charge in [-0.2, -0.15) is 36.4 Å². The van der Waals surface area contributed by atoms with Crippen molar-refractivity contribution in [2.45, 2.75) is 0 Å². The van der Waals surface area contributed by atoms with Gasteiger partial charge in [-0.25, -0.2) is 24.3 Å². The van der Waals surface area contributed by atoms with Crippen LogP contribution in [0.5, 0.6) is 0 Å². The van der Waals surface area contributed by atoms with Crippen LogP contribution in [-0.4, -0.2) is 50.4 Å². The van der Waals surface area contributed by atoms with Gasteiger partial charge >= 0.3 is 52.1 Å². The summed E-state index contributed by atoms with van der Waals surface area (Å²) in [6.45, 7) is 0. The van der Waals surface area contributed by atoms with E-state index in [1.165, 1.54) is 0 Å². The van der Waals surface area contributed by atoms with Gasteiger partial charge in [-0.15, -0.1) is 0 Å². The number of halogens is 2. The van der Waals surface area contributed by atoms with Crippen LogP contribution < -0.4 is 0 Å². The fourth-order valence-corrected chi connectivity index (χ4v) is 0.642. The molecule has 0 aliphatic carbocycles. The minimum atomic E-state index is -5.17. The van der Waals surface area contributed by atoms with E-state index in [9.17, 15) is 0 Å². The Hall–Kier alpha value is 0.118. The normalized spacial score (nSPS) is 6.08. The molecule has 0 aromatic heterocycles. The molecule has 158 valence electrons. The molecule has 0 bridgehead atoms. The van der Waals surface area contributed by atoms with Gasteiger partial charge in [0.05, 0.1) is 0 Å². The summed E-state index contributed by atoms with van der Waals surface area (Å²) < 4.78 is 34.1. The minimum absolute atomic E-state index is 0. The second-order valence-corrected chi connectivity index (χ2v) is 5.80. The Morgan fingerprint density at radius 2 is 0.800 bits per heavy atom. The van der Waals surface area contributed by atoms with Gasteiger partial charge in [-0.05, 0) is 0 Å². The Labute approximate surface area is 172 Å². The SMILES string of the molecule is O.O.O.O.O.O.O=S(=O)([O-])[O-].[Cl][Ti][Cl].[Ni+2].c1cc[cH-]c1.c1cc[cH-]c1. The zero-order valence-corrected chi connectivity index (χ0v) is 17.3. The third-order valence-corrected chi connectivity index (χ3v) is 1.11. The van der Waals surface area contributed by atoms with Crippen LogP contribution in [0.4, 0.5) is 0 Å². The Morgan fingerprint density at radius 3 is 0.840 bits per heavy atom. The van der Waals surface area contributed by atoms with Crippen molar-refractivity contribution in [2.24, 2.45) is 0 Å². The molecule has 0 aliphatic rings. The quantitative estimate of drug-likeness (QED) is 0.166. The largest absolute Gasteiger partial charge is 2.00 e. The van der Waals surface area contributed by atoms with Crippen LogP contribution >= 0.6 is 18.6 Å². The standard InChI is InChI=1S/2C5H5.2ClH.Ni.H2O4S.6H2O.Ti/c2*1-2-4-5-3-1;;;;1-5(2,3)4;;;;;;;/h2*1-5H;2*1H;;(H2,1,2,3,4);6*1H2;/q2*-1;;;+2;;;;;;;;+2/p-4. The van der Waals surface area contributed by atoms with Gasteiger partial charge in [-0.3, -0.25) is 8.42 Å². The van der Waals surface area contributed by atoms with Crippen molar-refractivity contribution in [3.05, 3.63) is 60.7 Å². The molecule has 2 aromatic carbocycles. The first-order valence-electron chi connectivity index (χ1n) is 4.38. The average molecular weight is 512 g/mol. The summed E-state index contributed by atoms with van der Waals surface area (Å²) in [6, 6.07) is 20.0. The van der Waals surface area contributed by atoms with E-state index in [0.29, 0.717) is 0 Å². The summed E-state index contributed by atoms with van der Waals surface area (Å²) in [4.78, 5) is 0. The van der Waals surface area contributed by atoms with Crippen molar-refractivity contribution >= 4 is 29.0 Å². The molecule has 0 spiro atoms. The molecule has 0 atom stereocenters. The molecule has 0 radical (unpaired) electrons. The van der Waals surface area contributed by atoms with Crippen molar-refractivity contribution < 1.29 is 83.9 Å². The maximum atomic E-state index is 8.52. The molecule has 2 rings (SSSR count). The van der Waals surface area contributed by atoms with E-state index < -0.39 is 27.4 Å². The fraction of sp³-hybridized carbons (Fsp3) is 0. The molecular weight excluding hydrogens is 490 g/mol. The molecule has 0 heterocycles. The van der Waals surface area contributed by atoms with Crippen LogP contribution in [0.25, 0.3) is 0 Å². The predicted molar refractivity (Wildman–Crippen MR) is 87.9 cm³/mol. The summed E-state index contributed by atoms with van der Waals surface area (Å²) in [5, 5.41) is 0. The van der Waals surface area contributed by atoms with Crippen LogP contribution in [0.2, 0.25) is 0 Å². The van der Waals surface area contributed by atoms with Crippen LogP contribution in [0.15, 0.2) is 60.7 Å². The molecule has 0 saturated heterocycles. The second kappa shape index (κ2) is 44.0. The van der Waals surface area contributed by atoms with E-state index in [-0.39, 0.29) is 49.3 Å². The van der Waals surface area contributed by atoms with E-state index in [4.69, 9.17) is 36.1 Å². The van der Waals surface area contributed by atoms with Crippen LogP contribution in [0.1, 0.15) is 0 Å². The van der Waals surface area contributed by atoms with Gasteiger partial charge in [0.15, 0.2) is 0 Å². The Morgan fingerprint density at radius 1 is 0.680 bits per heavy atom. The topological polar surface area (TPSA) is 269 Å². The monoisotopic (exact) mass is 510 g/mol. The van der Waals surface area contributed by atoms with Gasteiger partial charge in [0.1, 0.15) is 0 Å². The molecule has 10 nitrogen and oxygen atoms in total. The molecule has 0 amide bonds. The molecule has 15 heteroatoms. The zero-order valence-electron chi connectivity index (χ0n) is 12.4. The summed E-state index contributed by atoms with van der Waals surface area (Å²) >= 11 is -0.556. The van der Waals surface area contributed by atoms with E-state index >= 15 is 0 Å². The Balaban J connectivity index is -0.0000000181. The van der Waals surface area contributed by atoms with Crippen LogP contribution in [0, 0.1) is 0 Å². The van der Waals surface area contributed by atoms with E-state index in [0.717, 1.165) is 0 Å². The van der Waals surface area contributed by atoms with Crippen molar-refractivity contribution in [3.8, 4) is 0 Å². The molecular formula is C10H22Cl2NiO10STi-2. The van der Waals surface area contributed by atoms with Gasteiger partial charge in [0.25, 0.3) is 0 Å². The molecule has 0 aliphatic heterocycles. The smallest absolute Gasteiger partial charge is 0.214 e. The summed E-state index contributed by atoms with van der Waals surface area (Å²) in [5.74, 6) is 0. The molecule has 25 heavy (non-hydrogen) atoms.